The lowest BCUT2D eigenvalue weighted by molar-refractivity contribution is 0.102. The van der Waals surface area contributed by atoms with Crippen molar-refractivity contribution in [2.24, 2.45) is 5.41 Å². The van der Waals surface area contributed by atoms with Crippen LogP contribution >= 0.6 is 0 Å². The van der Waals surface area contributed by atoms with Crippen molar-refractivity contribution in [3.63, 3.8) is 0 Å². The first kappa shape index (κ1) is 31.8. The number of fused-ring (bicyclic) bond motifs is 1. The van der Waals surface area contributed by atoms with Crippen molar-refractivity contribution < 1.29 is 18.1 Å². The fourth-order valence-electron chi connectivity index (χ4n) is 2.39. The Balaban J connectivity index is 0. The van der Waals surface area contributed by atoms with Gasteiger partial charge in [0.05, 0.1) is 10.3 Å². The first-order valence-electron chi connectivity index (χ1n) is 11.1. The average Bonchev–Trinajstić information content (AvgIpc) is 2.66. The second kappa shape index (κ2) is 13.9. The van der Waals surface area contributed by atoms with Crippen molar-refractivity contribution in [2.75, 3.05) is 0 Å². The number of rotatable bonds is 5. The van der Waals surface area contributed by atoms with Crippen LogP contribution in [0, 0.1) is 5.41 Å². The lowest BCUT2D eigenvalue weighted by Gasteiger charge is -2.43. The molecule has 0 amide bonds. The van der Waals surface area contributed by atoms with Gasteiger partial charge in [-0.15, -0.1) is 0 Å². The first-order chi connectivity index (χ1) is 14.0. The first-order valence-corrected chi connectivity index (χ1v) is 12.6. The van der Waals surface area contributed by atoms with E-state index in [1.807, 2.05) is 27.7 Å². The maximum absolute atomic E-state index is 11.1. The fraction of sp³-hybridized carbons (Fsp3) is 0.615. The Hall–Kier alpha value is -1.43. The minimum absolute atomic E-state index is 0.469. The van der Waals surface area contributed by atoms with E-state index in [1.165, 1.54) is 24.6 Å². The second-order valence-electron chi connectivity index (χ2n) is 9.47. The third kappa shape index (κ3) is 12.9. The molecule has 0 fully saturated rings. The Labute approximate surface area is 191 Å². The SMILES string of the molecule is CC.CC(C)(C)O.CCCCC(C)(C)C(C)(C)S(=O)(=O)[O-].c1ccc2ccccc2c1. The van der Waals surface area contributed by atoms with Gasteiger partial charge in [-0.1, -0.05) is 96.0 Å². The van der Waals surface area contributed by atoms with E-state index in [4.69, 9.17) is 5.11 Å². The van der Waals surface area contributed by atoms with Gasteiger partial charge in [0.15, 0.2) is 0 Å². The minimum atomic E-state index is -4.24. The molecule has 0 atom stereocenters. The van der Waals surface area contributed by atoms with Crippen LogP contribution in [-0.4, -0.2) is 28.4 Å². The van der Waals surface area contributed by atoms with E-state index in [0.717, 1.165) is 19.3 Å². The maximum Gasteiger partial charge on any atom is 0.100 e. The summed E-state index contributed by atoms with van der Waals surface area (Å²) >= 11 is 0. The van der Waals surface area contributed by atoms with E-state index in [0.29, 0.717) is 0 Å². The third-order valence-electron chi connectivity index (χ3n) is 5.07. The molecular weight excluding hydrogens is 408 g/mol. The van der Waals surface area contributed by atoms with E-state index < -0.39 is 25.9 Å². The summed E-state index contributed by atoms with van der Waals surface area (Å²) in [6.07, 6.45) is 2.72. The normalized spacial score (nSPS) is 11.9. The van der Waals surface area contributed by atoms with Crippen LogP contribution in [0.2, 0.25) is 0 Å². The van der Waals surface area contributed by atoms with Crippen LogP contribution in [0.1, 0.15) is 88.5 Å². The minimum Gasteiger partial charge on any atom is -0.748 e. The zero-order chi connectivity index (χ0) is 24.9. The summed E-state index contributed by atoms with van der Waals surface area (Å²) in [7, 11) is -4.24. The van der Waals surface area contributed by atoms with Gasteiger partial charge in [-0.2, -0.15) is 0 Å². The van der Waals surface area contributed by atoms with Gasteiger partial charge in [-0.3, -0.25) is 0 Å². The van der Waals surface area contributed by atoms with Gasteiger partial charge in [0.2, 0.25) is 0 Å². The topological polar surface area (TPSA) is 77.4 Å². The van der Waals surface area contributed by atoms with E-state index in [2.05, 4.69) is 55.5 Å². The Kier molecular flexibility index (Phi) is 14.2. The van der Waals surface area contributed by atoms with Gasteiger partial charge >= 0.3 is 0 Å². The molecule has 2 aromatic carbocycles. The highest BCUT2D eigenvalue weighted by atomic mass is 32.2. The molecule has 0 saturated carbocycles. The van der Waals surface area contributed by atoms with Gasteiger partial charge in [0.1, 0.15) is 10.1 Å². The molecule has 0 saturated heterocycles. The molecule has 2 aromatic rings. The van der Waals surface area contributed by atoms with Gasteiger partial charge in [-0.05, 0) is 57.2 Å². The summed E-state index contributed by atoms with van der Waals surface area (Å²) in [5, 5.41) is 11.1. The highest BCUT2D eigenvalue weighted by molar-refractivity contribution is 7.87. The molecule has 0 aliphatic heterocycles. The highest BCUT2D eigenvalue weighted by Crippen LogP contribution is 2.40. The molecule has 2 rings (SSSR count). The second-order valence-corrected chi connectivity index (χ2v) is 11.4. The molecule has 31 heavy (non-hydrogen) atoms. The van der Waals surface area contributed by atoms with Crippen LogP contribution in [0.3, 0.4) is 0 Å². The summed E-state index contributed by atoms with van der Waals surface area (Å²) in [6, 6.07) is 16.7. The third-order valence-corrected chi connectivity index (χ3v) is 6.87. The van der Waals surface area contributed by atoms with Gasteiger partial charge in [-0.25, -0.2) is 8.42 Å². The zero-order valence-electron chi connectivity index (χ0n) is 21.3. The van der Waals surface area contributed by atoms with Crippen LogP contribution in [0.4, 0.5) is 0 Å². The quantitative estimate of drug-likeness (QED) is 0.487. The van der Waals surface area contributed by atoms with Crippen LogP contribution in [-0.2, 0) is 10.1 Å². The molecule has 0 aromatic heterocycles. The zero-order valence-corrected chi connectivity index (χ0v) is 22.1. The summed E-state index contributed by atoms with van der Waals surface area (Å²) in [5.74, 6) is 0. The van der Waals surface area contributed by atoms with Gasteiger partial charge in [0, 0.05) is 0 Å². The average molecular weight is 454 g/mol. The van der Waals surface area contributed by atoms with Gasteiger partial charge < -0.3 is 9.66 Å². The Morgan fingerprint density at radius 1 is 0.806 bits per heavy atom. The Bertz CT molecular complexity index is 760. The highest BCUT2D eigenvalue weighted by Gasteiger charge is 2.41. The van der Waals surface area contributed by atoms with E-state index in [-0.39, 0.29) is 0 Å². The van der Waals surface area contributed by atoms with Crippen molar-refractivity contribution >= 4 is 20.9 Å². The molecule has 4 nitrogen and oxygen atoms in total. The predicted octanol–water partition coefficient (Wildman–Crippen LogP) is 7.17. The van der Waals surface area contributed by atoms with E-state index in [9.17, 15) is 13.0 Å². The summed E-state index contributed by atoms with van der Waals surface area (Å²) in [4.78, 5) is 0. The van der Waals surface area contributed by atoms with Crippen LogP contribution in [0.5, 0.6) is 0 Å². The van der Waals surface area contributed by atoms with Gasteiger partial charge in [0.25, 0.3) is 0 Å². The van der Waals surface area contributed by atoms with Crippen LogP contribution < -0.4 is 0 Å². The van der Waals surface area contributed by atoms with Crippen molar-refractivity contribution in [3.05, 3.63) is 48.5 Å². The van der Waals surface area contributed by atoms with Crippen molar-refractivity contribution in [1.82, 2.24) is 0 Å². The molecule has 0 heterocycles. The predicted molar refractivity (Wildman–Crippen MR) is 134 cm³/mol. The maximum atomic E-state index is 11.1. The van der Waals surface area contributed by atoms with Crippen molar-refractivity contribution in [1.29, 1.82) is 0 Å². The molecule has 0 radical (unpaired) electrons. The number of aliphatic hydroxyl groups is 1. The molecule has 0 aliphatic rings. The fourth-order valence-corrected chi connectivity index (χ4v) is 3.17. The Morgan fingerprint density at radius 3 is 1.32 bits per heavy atom. The Morgan fingerprint density at radius 2 is 1.10 bits per heavy atom. The monoisotopic (exact) mass is 453 g/mol. The number of hydrogen-bond acceptors (Lipinski definition) is 4. The summed E-state index contributed by atoms with van der Waals surface area (Å²) in [6.45, 7) is 18.0. The number of benzene rings is 2. The van der Waals surface area contributed by atoms with Crippen LogP contribution in [0.15, 0.2) is 48.5 Å². The molecular formula is C26H45O4S-. The standard InChI is InChI=1S/C10H22O3S.C10H8.C4H10O.C2H6/c1-6-7-8-9(2,3)10(4,5)14(11,12)13;1-2-6-10-8-4-3-7-9(10)5-1;1-4(2,3)5;1-2/h6-8H2,1-5H3,(H,11,12,13);1-8H;5H,1-3H3;1-2H3/p-1. The molecule has 0 spiro atoms. The summed E-state index contributed by atoms with van der Waals surface area (Å²) in [5.41, 5.74) is -0.969. The molecule has 0 unspecified atom stereocenters. The van der Waals surface area contributed by atoms with E-state index in [1.54, 1.807) is 20.8 Å². The molecule has 0 aliphatic carbocycles. The molecule has 0 bridgehead atoms. The smallest absolute Gasteiger partial charge is 0.100 e. The molecule has 1 N–H and O–H groups in total. The van der Waals surface area contributed by atoms with Crippen molar-refractivity contribution in [2.45, 2.75) is 98.8 Å². The summed E-state index contributed by atoms with van der Waals surface area (Å²) < 4.78 is 32.1. The number of hydrogen-bond donors (Lipinski definition) is 1. The number of unbranched alkanes of at least 4 members (excludes halogenated alkanes) is 1. The molecule has 180 valence electrons. The lowest BCUT2D eigenvalue weighted by atomic mass is 9.76. The molecule has 5 heteroatoms. The largest absolute Gasteiger partial charge is 0.748 e. The lowest BCUT2D eigenvalue weighted by Crippen LogP contribution is -2.45. The van der Waals surface area contributed by atoms with E-state index >= 15 is 0 Å². The van der Waals surface area contributed by atoms with Crippen LogP contribution in [0.25, 0.3) is 10.8 Å². The van der Waals surface area contributed by atoms with Crippen molar-refractivity contribution in [3.8, 4) is 0 Å².